The van der Waals surface area contributed by atoms with Crippen LogP contribution < -0.4 is 10.6 Å². The molecule has 2 aromatic heterocycles. The number of thiol groups is 1. The maximum atomic E-state index is 13.2. The van der Waals surface area contributed by atoms with Crippen LogP contribution >= 0.6 is 35.3 Å². The van der Waals surface area contributed by atoms with Crippen molar-refractivity contribution in [1.29, 1.82) is 0 Å². The zero-order valence-electron chi connectivity index (χ0n) is 69.5. The predicted molar refractivity (Wildman–Crippen MR) is 421 cm³/mol. The molecule has 0 saturated carbocycles. The molecule has 4 aromatic rings. The van der Waals surface area contributed by atoms with Gasteiger partial charge in [-0.1, -0.05) is 133 Å². The number of likely N-dealkylation sites (tertiary alicyclic amines) is 2. The molecule has 2 amide bonds. The summed E-state index contributed by atoms with van der Waals surface area (Å²) in [6.45, 7) is 36.6. The molecular formula is C82H128N8O10S3UVW-2. The molecule has 2 fully saturated rings. The molecule has 2 aliphatic rings. The van der Waals surface area contributed by atoms with Crippen LogP contribution in [0.25, 0.3) is 0 Å². The van der Waals surface area contributed by atoms with Crippen LogP contribution in [0.3, 0.4) is 0 Å². The van der Waals surface area contributed by atoms with Gasteiger partial charge in [-0.05, 0) is 167 Å². The molecule has 106 heavy (non-hydrogen) atoms. The van der Waals surface area contributed by atoms with Crippen molar-refractivity contribution < 1.29 is 121 Å². The minimum Gasteiger partial charge on any atom is -0.455 e. The Morgan fingerprint density at radius 1 is 0.670 bits per heavy atom. The van der Waals surface area contributed by atoms with E-state index in [2.05, 4.69) is 149 Å². The van der Waals surface area contributed by atoms with Crippen LogP contribution in [0.1, 0.15) is 246 Å². The van der Waals surface area contributed by atoms with Crippen LogP contribution in [0.5, 0.6) is 0 Å². The Morgan fingerprint density at radius 2 is 1.11 bits per heavy atom. The second kappa shape index (κ2) is 53.5. The van der Waals surface area contributed by atoms with Gasteiger partial charge >= 0.3 is 5.97 Å². The van der Waals surface area contributed by atoms with E-state index in [4.69, 9.17) is 7.48 Å². The van der Waals surface area contributed by atoms with Crippen molar-refractivity contribution in [3.05, 3.63) is 104 Å². The number of thiazole rings is 2. The maximum absolute atomic E-state index is 13.2. The van der Waals surface area contributed by atoms with Gasteiger partial charge in [-0.2, -0.15) is 41.1 Å². The smallest absolute Gasteiger partial charge is 0.303 e. The number of carbonyl (C=O) groups excluding carboxylic acids is 9. The van der Waals surface area contributed by atoms with Crippen LogP contribution in [0.15, 0.2) is 64.1 Å². The van der Waals surface area contributed by atoms with Gasteiger partial charge in [0.2, 0.25) is 0 Å². The Hall–Kier alpha value is -3.49. The number of ether oxygens (including phenoxy) is 1. The summed E-state index contributed by atoms with van der Waals surface area (Å²) in [5, 5.41) is 11.0. The quantitative estimate of drug-likeness (QED) is 0.0214. The van der Waals surface area contributed by atoms with E-state index in [0.29, 0.717) is 96.3 Å². The SMILES string of the molecule is CCC(C)C(CC(=O)C1CCCN1C)C(C)=O.CCC(C)C(CC(=O)C1CCCN1C)C(C)=O.[3H]c1[c-]cc(CC(CC(C)C(C)=O)NC(=O)c2csc([CH-]CC(C(C)C)N(C)CC)n2)cc1S.[3H]c1ccc(CC(CC(C)C(C)=O)NC(=O)c2csc(C(CC(C(C)C)N(C)CC)OC(C)=O)n2)cc1.[U].[V].[W]. The van der Waals surface area contributed by atoms with Crippen LogP contribution in [-0.2, 0) is 90.8 Å². The van der Waals surface area contributed by atoms with Crippen LogP contribution in [0, 0.1) is 90.9 Å². The van der Waals surface area contributed by atoms with Gasteiger partial charge in [-0.25, -0.2) is 17.6 Å². The third-order valence-electron chi connectivity index (χ3n) is 20.9. The number of amides is 2. The number of esters is 1. The Kier molecular flexibility index (Phi) is 49.7. The molecule has 0 aliphatic carbocycles. The molecule has 4 heterocycles. The second-order valence-corrected chi connectivity index (χ2v) is 31.9. The monoisotopic (exact) mass is 1960 g/mol. The van der Waals surface area contributed by atoms with Crippen molar-refractivity contribution in [2.24, 2.45) is 47.3 Å². The Morgan fingerprint density at radius 3 is 1.51 bits per heavy atom. The Balaban J connectivity index is 0.00000148. The number of nitrogens with one attached hydrogen (secondary N) is 2. The molecule has 2 saturated heterocycles. The van der Waals surface area contributed by atoms with Gasteiger partial charge in [-0.3, -0.25) is 57.9 Å². The molecule has 13 atom stereocenters. The fraction of sp³-hybridized carbons (Fsp3) is 0.659. The molecule has 2 aromatic carbocycles. The van der Waals surface area contributed by atoms with Gasteiger partial charge in [0.05, 0.1) is 13.5 Å². The number of benzene rings is 2. The average molecular weight is 1960 g/mol. The first-order chi connectivity index (χ1) is 49.4. The first-order valence-corrected chi connectivity index (χ1v) is 39.7. The molecule has 0 spiro atoms. The number of ketones is 6. The minimum atomic E-state index is -0.539. The van der Waals surface area contributed by atoms with Crippen LogP contribution in [0.4, 0.5) is 0 Å². The maximum Gasteiger partial charge on any atom is 0.303 e. The van der Waals surface area contributed by atoms with Crippen molar-refractivity contribution in [3.8, 4) is 0 Å². The summed E-state index contributed by atoms with van der Waals surface area (Å²) in [6.07, 6.45) is 12.0. The zero-order valence-corrected chi connectivity index (χ0v) is 78.5. The minimum absolute atomic E-state index is 0. The van der Waals surface area contributed by atoms with E-state index in [-0.39, 0.29) is 189 Å². The molecule has 1 radical (unpaired) electrons. The molecule has 18 nitrogen and oxygen atoms in total. The van der Waals surface area contributed by atoms with Crippen molar-refractivity contribution in [2.75, 3.05) is 54.4 Å². The van der Waals surface area contributed by atoms with Gasteiger partial charge in [0, 0.05) is 151 Å². The number of likely N-dealkylation sites (N-methyl/N-ethyl adjacent to an activating group) is 2. The molecule has 13 unspecified atom stereocenters. The summed E-state index contributed by atoms with van der Waals surface area (Å²) >= 11 is 7.09. The average Bonchev–Trinajstić information content (AvgIpc) is 1.64. The summed E-state index contributed by atoms with van der Waals surface area (Å²) in [4.78, 5) is 128. The van der Waals surface area contributed by atoms with Gasteiger partial charge in [0.25, 0.3) is 11.8 Å². The van der Waals surface area contributed by atoms with Gasteiger partial charge < -0.3 is 31.6 Å². The number of carbonyl (C=O) groups is 9. The van der Waals surface area contributed by atoms with Gasteiger partial charge in [0.15, 0.2) is 17.7 Å². The fourth-order valence-electron chi connectivity index (χ4n) is 13.4. The van der Waals surface area contributed by atoms with Crippen molar-refractivity contribution >= 4 is 87.8 Å². The van der Waals surface area contributed by atoms with E-state index in [0.717, 1.165) is 87.3 Å². The number of aromatic nitrogens is 2. The predicted octanol–water partition coefficient (Wildman–Crippen LogP) is 14.8. The molecule has 2 aliphatic heterocycles. The summed E-state index contributed by atoms with van der Waals surface area (Å²) in [6, 6.07) is 14.4. The topological polar surface area (TPSA) is 226 Å². The first-order valence-electron chi connectivity index (χ1n) is 38.5. The molecule has 0 bridgehead atoms. The largest absolute Gasteiger partial charge is 0.455 e. The molecule has 2 N–H and O–H groups in total. The van der Waals surface area contributed by atoms with Crippen molar-refractivity contribution in [3.63, 3.8) is 0 Å². The Labute approximate surface area is 704 Å². The van der Waals surface area contributed by atoms with E-state index >= 15 is 0 Å². The first kappa shape index (κ1) is 98.6. The third kappa shape index (κ3) is 36.3. The summed E-state index contributed by atoms with van der Waals surface area (Å²) in [7, 11) is 8.19. The second-order valence-electron chi connectivity index (χ2n) is 29.7. The summed E-state index contributed by atoms with van der Waals surface area (Å²) < 4.78 is 21.1. The van der Waals surface area contributed by atoms with Gasteiger partial charge in [-0.15, -0.1) is 22.7 Å². The number of hydrogen-bond donors (Lipinski definition) is 3. The van der Waals surface area contributed by atoms with Crippen molar-refractivity contribution in [1.82, 2.24) is 40.2 Å². The van der Waals surface area contributed by atoms with Crippen LogP contribution in [-0.4, -0.2) is 173 Å². The number of rotatable bonds is 39. The summed E-state index contributed by atoms with van der Waals surface area (Å²) in [5.74, 6) is 0.972. The standard InChI is InChI=1S/C28H41N3O4S.C26H37N3O2S2.2C14H25NO2.U.V.W/c1-8-31(7)25(18(2)3)16-26(35-21(6)33)28-30-24(17-36-28)27(34)29-23(14-19(4)20(5)32)15-22-12-10-9-11-13-22;1-7-29(6)24(17(2)3)11-12-25-28-23(16-33-25)26(31)27-21(13-18(4)19(5)30)14-20-9-8-10-22(32)15-20;2*1-5-10(2)12(11(3)16)9-14(17)13-7-6-8-15(13)4;;;/h9-13,17-19,23,25-26H,8,14-16H2,1-7H3,(H,29,34);9-10,12,15-18,21,24,32H,7,11,13-14H2,1-6H3,(H,27,31);2*10,12-13H,5-9H2,1-4H3;;;/q;-2;;;;;/i9T;10T;;;;;. The zero-order chi connectivity index (χ0) is 79.1. The molecular weight excluding hydrogens is 1830 g/mol. The third-order valence-corrected chi connectivity index (χ3v) is 23.0. The fourth-order valence-corrected chi connectivity index (χ4v) is 15.3. The number of nitrogens with zero attached hydrogens (tertiary/aromatic N) is 6. The van der Waals surface area contributed by atoms with E-state index in [9.17, 15) is 43.2 Å². The van der Waals surface area contributed by atoms with E-state index in [1.807, 2.05) is 46.1 Å². The molecule has 591 valence electrons. The number of Topliss-reactive ketones (excluding diaryl/α,β-unsaturated/α-hetero) is 6. The van der Waals surface area contributed by atoms with E-state index in [1.54, 1.807) is 56.7 Å². The summed E-state index contributed by atoms with van der Waals surface area (Å²) in [5.41, 5.74) is 2.55. The number of hydrogen-bond acceptors (Lipinski definition) is 19. The Bertz CT molecular complexity index is 3350. The van der Waals surface area contributed by atoms with Crippen molar-refractivity contribution in [2.45, 2.75) is 255 Å². The normalized spacial score (nSPS) is 17.6. The van der Waals surface area contributed by atoms with Gasteiger partial charge in [0.1, 0.15) is 39.5 Å². The van der Waals surface area contributed by atoms with Crippen LogP contribution in [0.2, 0.25) is 0 Å². The molecule has 6 rings (SSSR count). The van der Waals surface area contributed by atoms with E-state index in [1.165, 1.54) is 29.6 Å². The molecule has 24 heteroatoms. The van der Waals surface area contributed by atoms with E-state index < -0.39 is 6.10 Å².